The molecule has 0 spiro atoms. The highest BCUT2D eigenvalue weighted by atomic mass is 32.2. The molecular weight excluding hydrogens is 266 g/mol. The number of thioether (sulfide) groups is 1. The Balaban J connectivity index is 2.72. The van der Waals surface area contributed by atoms with E-state index in [0.29, 0.717) is 0 Å². The van der Waals surface area contributed by atoms with Crippen LogP contribution in [0.1, 0.15) is 18.1 Å². The minimum absolute atomic E-state index is 0.109. The number of sulfone groups is 1. The van der Waals surface area contributed by atoms with Crippen LogP contribution in [0, 0.1) is 6.92 Å². The third kappa shape index (κ3) is 5.31. The molecule has 0 fully saturated rings. The molecule has 18 heavy (non-hydrogen) atoms. The number of hydrogen-bond donors (Lipinski definition) is 1. The van der Waals surface area contributed by atoms with E-state index in [-0.39, 0.29) is 5.75 Å². The van der Waals surface area contributed by atoms with Crippen LogP contribution in [-0.2, 0) is 15.6 Å². The van der Waals surface area contributed by atoms with Gasteiger partial charge in [-0.2, -0.15) is 11.8 Å². The third-order valence-corrected chi connectivity index (χ3v) is 4.37. The van der Waals surface area contributed by atoms with E-state index in [9.17, 15) is 8.42 Å². The van der Waals surface area contributed by atoms with Crippen LogP contribution in [0.5, 0.6) is 0 Å². The minimum Gasteiger partial charge on any atom is -0.384 e. The van der Waals surface area contributed by atoms with Gasteiger partial charge in [-0.3, -0.25) is 0 Å². The Bertz CT molecular complexity index is 484. The van der Waals surface area contributed by atoms with Gasteiger partial charge in [0.1, 0.15) is 0 Å². The zero-order valence-corrected chi connectivity index (χ0v) is 12.8. The summed E-state index contributed by atoms with van der Waals surface area (Å²) in [6, 6.07) is 5.78. The molecule has 1 aromatic carbocycles. The maximum atomic E-state index is 11.3. The molecule has 0 atom stereocenters. The van der Waals surface area contributed by atoms with E-state index in [4.69, 9.17) is 0 Å². The Hall–Kier alpha value is -0.680. The summed E-state index contributed by atoms with van der Waals surface area (Å²) in [5.74, 6) is 2.29. The zero-order chi connectivity index (χ0) is 13.6. The summed E-state index contributed by atoms with van der Waals surface area (Å²) < 4.78 is 22.7. The van der Waals surface area contributed by atoms with Gasteiger partial charge in [-0.15, -0.1) is 0 Å². The van der Waals surface area contributed by atoms with E-state index < -0.39 is 9.84 Å². The Morgan fingerprint density at radius 3 is 2.67 bits per heavy atom. The fourth-order valence-corrected chi connectivity index (χ4v) is 3.13. The van der Waals surface area contributed by atoms with Gasteiger partial charge >= 0.3 is 0 Å². The van der Waals surface area contributed by atoms with Gasteiger partial charge in [0, 0.05) is 24.2 Å². The topological polar surface area (TPSA) is 46.2 Å². The number of anilines is 1. The van der Waals surface area contributed by atoms with Crippen molar-refractivity contribution >= 4 is 27.3 Å². The zero-order valence-electron chi connectivity index (χ0n) is 11.2. The molecule has 0 radical (unpaired) electrons. The Kier molecular flexibility index (Phi) is 6.02. The average Bonchev–Trinajstić information content (AvgIpc) is 2.27. The molecule has 1 aromatic rings. The molecule has 0 amide bonds. The van der Waals surface area contributed by atoms with Crippen molar-refractivity contribution in [3.63, 3.8) is 0 Å². The lowest BCUT2D eigenvalue weighted by atomic mass is 10.1. The van der Waals surface area contributed by atoms with Gasteiger partial charge in [0.15, 0.2) is 9.84 Å². The van der Waals surface area contributed by atoms with Gasteiger partial charge < -0.3 is 5.32 Å². The minimum atomic E-state index is -2.98. The second-order valence-electron chi connectivity index (χ2n) is 4.28. The highest BCUT2D eigenvalue weighted by Gasteiger charge is 2.09. The maximum absolute atomic E-state index is 11.3. The van der Waals surface area contributed by atoms with Crippen LogP contribution in [-0.4, -0.2) is 32.7 Å². The van der Waals surface area contributed by atoms with Crippen molar-refractivity contribution < 1.29 is 8.42 Å². The summed E-state index contributed by atoms with van der Waals surface area (Å²) in [6.07, 6.45) is 1.27. The van der Waals surface area contributed by atoms with E-state index in [1.54, 1.807) is 0 Å². The SMILES string of the molecule is CCSCCNc1cccc(CS(C)(=O)=O)c1C. The van der Waals surface area contributed by atoms with Gasteiger partial charge in [0.2, 0.25) is 0 Å². The fraction of sp³-hybridized carbons (Fsp3) is 0.538. The summed E-state index contributed by atoms with van der Waals surface area (Å²) >= 11 is 1.89. The normalized spacial score (nSPS) is 11.5. The molecule has 0 heterocycles. The lowest BCUT2D eigenvalue weighted by molar-refractivity contribution is 0.601. The second-order valence-corrected chi connectivity index (χ2v) is 7.82. The first-order chi connectivity index (χ1) is 8.44. The average molecular weight is 287 g/mol. The number of rotatable bonds is 7. The summed E-state index contributed by atoms with van der Waals surface area (Å²) in [6.45, 7) is 5.01. The first-order valence-electron chi connectivity index (χ1n) is 6.02. The Labute approximate surface area is 114 Å². The summed E-state index contributed by atoms with van der Waals surface area (Å²) in [5, 5.41) is 3.36. The van der Waals surface area contributed by atoms with Crippen LogP contribution in [0.2, 0.25) is 0 Å². The molecule has 0 bridgehead atoms. The monoisotopic (exact) mass is 287 g/mol. The van der Waals surface area contributed by atoms with Crippen LogP contribution in [0.25, 0.3) is 0 Å². The van der Waals surface area contributed by atoms with Crippen LogP contribution in [0.15, 0.2) is 18.2 Å². The Morgan fingerprint density at radius 2 is 2.06 bits per heavy atom. The van der Waals surface area contributed by atoms with Crippen molar-refractivity contribution in [2.45, 2.75) is 19.6 Å². The van der Waals surface area contributed by atoms with Crippen LogP contribution < -0.4 is 5.32 Å². The van der Waals surface area contributed by atoms with E-state index >= 15 is 0 Å². The van der Waals surface area contributed by atoms with Crippen molar-refractivity contribution in [2.75, 3.05) is 29.6 Å². The molecule has 1 rings (SSSR count). The molecule has 0 saturated carbocycles. The standard InChI is InChI=1S/C13H21NO2S2/c1-4-17-9-8-14-13-7-5-6-12(11(13)2)10-18(3,15)16/h5-7,14H,4,8-10H2,1-3H3. The van der Waals surface area contributed by atoms with Crippen molar-refractivity contribution in [1.29, 1.82) is 0 Å². The van der Waals surface area contributed by atoms with Crippen LogP contribution in [0.3, 0.4) is 0 Å². The van der Waals surface area contributed by atoms with Gasteiger partial charge in [0.25, 0.3) is 0 Å². The molecule has 0 aliphatic rings. The Morgan fingerprint density at radius 1 is 1.33 bits per heavy atom. The maximum Gasteiger partial charge on any atom is 0.151 e. The van der Waals surface area contributed by atoms with Gasteiger partial charge in [-0.05, 0) is 29.9 Å². The number of benzene rings is 1. The van der Waals surface area contributed by atoms with E-state index in [1.807, 2.05) is 36.9 Å². The largest absolute Gasteiger partial charge is 0.384 e. The summed E-state index contributed by atoms with van der Waals surface area (Å²) in [7, 11) is -2.98. The summed E-state index contributed by atoms with van der Waals surface area (Å²) in [5.41, 5.74) is 2.95. The quantitative estimate of drug-likeness (QED) is 0.783. The molecule has 0 aromatic heterocycles. The fourth-order valence-electron chi connectivity index (χ4n) is 1.72. The molecule has 0 aliphatic carbocycles. The lowest BCUT2D eigenvalue weighted by Crippen LogP contribution is -2.08. The molecule has 3 nitrogen and oxygen atoms in total. The van der Waals surface area contributed by atoms with Gasteiger partial charge in [-0.25, -0.2) is 8.42 Å². The highest BCUT2D eigenvalue weighted by Crippen LogP contribution is 2.20. The molecule has 5 heteroatoms. The van der Waals surface area contributed by atoms with Crippen molar-refractivity contribution in [2.24, 2.45) is 0 Å². The molecule has 102 valence electrons. The smallest absolute Gasteiger partial charge is 0.151 e. The number of hydrogen-bond acceptors (Lipinski definition) is 4. The van der Waals surface area contributed by atoms with E-state index in [0.717, 1.165) is 34.9 Å². The van der Waals surface area contributed by atoms with Crippen LogP contribution in [0.4, 0.5) is 5.69 Å². The van der Waals surface area contributed by atoms with Crippen molar-refractivity contribution in [3.8, 4) is 0 Å². The first-order valence-corrected chi connectivity index (χ1v) is 9.23. The van der Waals surface area contributed by atoms with Crippen molar-refractivity contribution in [1.82, 2.24) is 0 Å². The van der Waals surface area contributed by atoms with Gasteiger partial charge in [-0.1, -0.05) is 19.1 Å². The van der Waals surface area contributed by atoms with E-state index in [2.05, 4.69) is 12.2 Å². The lowest BCUT2D eigenvalue weighted by Gasteiger charge is -2.12. The molecule has 0 aliphatic heterocycles. The molecule has 0 saturated heterocycles. The third-order valence-electron chi connectivity index (χ3n) is 2.63. The first kappa shape index (κ1) is 15.4. The van der Waals surface area contributed by atoms with E-state index in [1.165, 1.54) is 6.26 Å². The second kappa shape index (κ2) is 7.04. The van der Waals surface area contributed by atoms with Crippen molar-refractivity contribution in [3.05, 3.63) is 29.3 Å². The van der Waals surface area contributed by atoms with Crippen LogP contribution >= 0.6 is 11.8 Å². The highest BCUT2D eigenvalue weighted by molar-refractivity contribution is 7.99. The molecule has 0 unspecified atom stereocenters. The molecule has 1 N–H and O–H groups in total. The number of nitrogens with one attached hydrogen (secondary N) is 1. The predicted octanol–water partition coefficient (Wildman–Crippen LogP) is 2.70. The van der Waals surface area contributed by atoms with Gasteiger partial charge in [0.05, 0.1) is 5.75 Å². The predicted molar refractivity (Wildman–Crippen MR) is 81.2 cm³/mol. The molecular formula is C13H21NO2S2. The summed E-state index contributed by atoms with van der Waals surface area (Å²) in [4.78, 5) is 0.